The lowest BCUT2D eigenvalue weighted by atomic mass is 10.0. The molecule has 0 saturated heterocycles. The summed E-state index contributed by atoms with van der Waals surface area (Å²) in [5, 5.41) is 8.54. The lowest BCUT2D eigenvalue weighted by Gasteiger charge is -2.13. The zero-order chi connectivity index (χ0) is 28.6. The number of furan rings is 1. The van der Waals surface area contributed by atoms with Crippen LogP contribution in [0.4, 0.5) is 0 Å². The normalized spacial score (nSPS) is 11.7. The highest BCUT2D eigenvalue weighted by atomic mass is 35.5. The van der Waals surface area contributed by atoms with Crippen LogP contribution in [0, 0.1) is 6.92 Å². The summed E-state index contributed by atoms with van der Waals surface area (Å²) in [5.74, 6) is 1.34. The van der Waals surface area contributed by atoms with Crippen LogP contribution in [-0.4, -0.2) is 15.9 Å². The summed E-state index contributed by atoms with van der Waals surface area (Å²) in [6.07, 6.45) is 1.66. The second-order valence-electron chi connectivity index (χ2n) is 10.1. The Labute approximate surface area is 246 Å². The van der Waals surface area contributed by atoms with Gasteiger partial charge in [-0.05, 0) is 65.7 Å². The van der Waals surface area contributed by atoms with Gasteiger partial charge in [0.2, 0.25) is 5.82 Å². The molecule has 5 aromatic carbocycles. The van der Waals surface area contributed by atoms with Gasteiger partial charge in [-0.2, -0.15) is 9.78 Å². The van der Waals surface area contributed by atoms with Crippen molar-refractivity contribution in [2.24, 2.45) is 5.10 Å². The SMILES string of the molecule is Cc1cccc(COc2ccc3ccccc3c2C=Nn2c(-c3cc4cc(Cl)ccc4o3)nc3ccccc3c2=O)c1. The number of para-hydroxylation sites is 1. The third kappa shape index (κ3) is 4.82. The van der Waals surface area contributed by atoms with Gasteiger partial charge in [-0.25, -0.2) is 4.98 Å². The molecule has 7 rings (SSSR count). The van der Waals surface area contributed by atoms with Crippen molar-refractivity contribution in [3.05, 3.63) is 141 Å². The third-order valence-electron chi connectivity index (χ3n) is 7.16. The maximum absolute atomic E-state index is 13.8. The summed E-state index contributed by atoms with van der Waals surface area (Å²) in [6.45, 7) is 2.45. The minimum Gasteiger partial charge on any atom is -0.488 e. The number of fused-ring (bicyclic) bond motifs is 3. The number of hydrogen-bond acceptors (Lipinski definition) is 5. The van der Waals surface area contributed by atoms with E-state index in [1.807, 2.05) is 72.8 Å². The number of hydrogen-bond donors (Lipinski definition) is 0. The van der Waals surface area contributed by atoms with E-state index >= 15 is 0 Å². The van der Waals surface area contributed by atoms with Crippen molar-refractivity contribution in [1.82, 2.24) is 9.66 Å². The largest absolute Gasteiger partial charge is 0.488 e. The molecule has 0 fully saturated rings. The van der Waals surface area contributed by atoms with Crippen LogP contribution < -0.4 is 10.3 Å². The van der Waals surface area contributed by atoms with E-state index < -0.39 is 0 Å². The monoisotopic (exact) mass is 569 g/mol. The first kappa shape index (κ1) is 25.7. The van der Waals surface area contributed by atoms with Crippen LogP contribution in [0.5, 0.6) is 5.75 Å². The molecule has 0 amide bonds. The number of rotatable bonds is 6. The number of benzene rings is 5. The molecule has 0 unspecified atom stereocenters. The molecule has 7 aromatic rings. The minimum absolute atomic E-state index is 0.282. The number of nitrogens with zero attached hydrogens (tertiary/aromatic N) is 3. The second kappa shape index (κ2) is 10.7. The standard InChI is InChI=1S/C35H24ClN3O3/c1-22-7-6-8-23(17-22)21-41-32-15-13-24-9-2-3-10-27(24)29(32)20-37-39-34(38-30-12-5-4-11-28(30)35(39)40)33-19-25-18-26(36)14-16-31(25)42-33/h2-20H,21H2,1H3. The molecule has 0 spiro atoms. The number of aryl methyl sites for hydroxylation is 1. The molecule has 0 radical (unpaired) electrons. The van der Waals surface area contributed by atoms with E-state index in [1.54, 1.807) is 30.5 Å². The van der Waals surface area contributed by atoms with Crippen molar-refractivity contribution in [2.45, 2.75) is 13.5 Å². The predicted molar refractivity (Wildman–Crippen MR) is 169 cm³/mol. The fourth-order valence-electron chi connectivity index (χ4n) is 5.13. The van der Waals surface area contributed by atoms with Gasteiger partial charge < -0.3 is 9.15 Å². The van der Waals surface area contributed by atoms with Crippen LogP contribution in [0.3, 0.4) is 0 Å². The average molecular weight is 570 g/mol. The molecule has 0 atom stereocenters. The zero-order valence-corrected chi connectivity index (χ0v) is 23.4. The molecule has 0 aliphatic heterocycles. The second-order valence-corrected chi connectivity index (χ2v) is 10.5. The summed E-state index contributed by atoms with van der Waals surface area (Å²) >= 11 is 6.21. The molecule has 0 bridgehead atoms. The summed E-state index contributed by atoms with van der Waals surface area (Å²) in [4.78, 5) is 18.6. The molecule has 2 aromatic heterocycles. The highest BCUT2D eigenvalue weighted by Gasteiger charge is 2.17. The fraction of sp³-hybridized carbons (Fsp3) is 0.0571. The molecule has 0 saturated carbocycles. The first-order chi connectivity index (χ1) is 20.5. The molecule has 42 heavy (non-hydrogen) atoms. The van der Waals surface area contributed by atoms with Gasteiger partial charge in [0.05, 0.1) is 17.1 Å². The predicted octanol–water partition coefficient (Wildman–Crippen LogP) is 8.39. The summed E-state index contributed by atoms with van der Waals surface area (Å²) in [6, 6.07) is 34.6. The summed E-state index contributed by atoms with van der Waals surface area (Å²) in [5.41, 5.74) is 3.85. The Bertz CT molecular complexity index is 2210. The number of halogens is 1. The third-order valence-corrected chi connectivity index (χ3v) is 7.40. The Kier molecular flexibility index (Phi) is 6.53. The Hall–Kier alpha value is -5.20. The van der Waals surface area contributed by atoms with Gasteiger partial charge >= 0.3 is 0 Å². The van der Waals surface area contributed by atoms with E-state index in [0.29, 0.717) is 39.6 Å². The molecule has 204 valence electrons. The average Bonchev–Trinajstić information content (AvgIpc) is 3.43. The maximum atomic E-state index is 13.8. The van der Waals surface area contributed by atoms with Crippen LogP contribution in [0.25, 0.3) is 44.2 Å². The Balaban J connectivity index is 1.38. The Morgan fingerprint density at radius 1 is 0.881 bits per heavy atom. The molecule has 0 aliphatic rings. The van der Waals surface area contributed by atoms with E-state index in [0.717, 1.165) is 27.3 Å². The van der Waals surface area contributed by atoms with Crippen LogP contribution in [-0.2, 0) is 6.61 Å². The number of aromatic nitrogens is 2. The van der Waals surface area contributed by atoms with Gasteiger partial charge in [0.1, 0.15) is 17.9 Å². The van der Waals surface area contributed by atoms with Crippen LogP contribution in [0.1, 0.15) is 16.7 Å². The van der Waals surface area contributed by atoms with Crippen LogP contribution >= 0.6 is 11.6 Å². The van der Waals surface area contributed by atoms with Gasteiger partial charge in [0, 0.05) is 16.0 Å². The van der Waals surface area contributed by atoms with Crippen molar-refractivity contribution in [3.63, 3.8) is 0 Å². The van der Waals surface area contributed by atoms with E-state index in [1.165, 1.54) is 10.2 Å². The highest BCUT2D eigenvalue weighted by Crippen LogP contribution is 2.30. The molecule has 2 heterocycles. The first-order valence-electron chi connectivity index (χ1n) is 13.5. The van der Waals surface area contributed by atoms with Crippen molar-refractivity contribution in [1.29, 1.82) is 0 Å². The smallest absolute Gasteiger partial charge is 0.282 e. The lowest BCUT2D eigenvalue weighted by molar-refractivity contribution is 0.306. The molecular formula is C35H24ClN3O3. The van der Waals surface area contributed by atoms with Crippen molar-refractivity contribution in [3.8, 4) is 17.3 Å². The fourth-order valence-corrected chi connectivity index (χ4v) is 5.31. The van der Waals surface area contributed by atoms with Crippen molar-refractivity contribution >= 4 is 50.5 Å². The minimum atomic E-state index is -0.312. The van der Waals surface area contributed by atoms with E-state index in [9.17, 15) is 4.79 Å². The van der Waals surface area contributed by atoms with Gasteiger partial charge in [0.15, 0.2) is 5.76 Å². The van der Waals surface area contributed by atoms with Gasteiger partial charge in [0.25, 0.3) is 5.56 Å². The van der Waals surface area contributed by atoms with Gasteiger partial charge in [-0.1, -0.05) is 83.9 Å². The highest BCUT2D eigenvalue weighted by molar-refractivity contribution is 6.31. The van der Waals surface area contributed by atoms with Crippen molar-refractivity contribution < 1.29 is 9.15 Å². The molecule has 7 heteroatoms. The topological polar surface area (TPSA) is 69.6 Å². The Morgan fingerprint density at radius 3 is 2.60 bits per heavy atom. The van der Waals surface area contributed by atoms with E-state index in [2.05, 4.69) is 19.1 Å². The Morgan fingerprint density at radius 2 is 1.71 bits per heavy atom. The van der Waals surface area contributed by atoms with E-state index in [-0.39, 0.29) is 11.4 Å². The zero-order valence-electron chi connectivity index (χ0n) is 22.6. The van der Waals surface area contributed by atoms with Crippen molar-refractivity contribution in [2.75, 3.05) is 0 Å². The molecule has 6 nitrogen and oxygen atoms in total. The molecular weight excluding hydrogens is 546 g/mol. The number of ether oxygens (including phenoxy) is 1. The van der Waals surface area contributed by atoms with Gasteiger partial charge in [-0.3, -0.25) is 4.79 Å². The molecule has 0 aliphatic carbocycles. The molecule has 0 N–H and O–H groups in total. The van der Waals surface area contributed by atoms with Crippen LogP contribution in [0.15, 0.2) is 124 Å². The van der Waals surface area contributed by atoms with E-state index in [4.69, 9.17) is 30.8 Å². The maximum Gasteiger partial charge on any atom is 0.282 e. The van der Waals surface area contributed by atoms with Crippen LogP contribution in [0.2, 0.25) is 5.02 Å². The first-order valence-corrected chi connectivity index (χ1v) is 13.9. The quantitative estimate of drug-likeness (QED) is 0.189. The summed E-state index contributed by atoms with van der Waals surface area (Å²) in [7, 11) is 0. The van der Waals surface area contributed by atoms with Gasteiger partial charge in [-0.15, -0.1) is 0 Å². The summed E-state index contributed by atoms with van der Waals surface area (Å²) < 4.78 is 13.7. The lowest BCUT2D eigenvalue weighted by Crippen LogP contribution is -2.20.